The zero-order valence-corrected chi connectivity index (χ0v) is 13.4. The van der Waals surface area contributed by atoms with E-state index in [-0.39, 0.29) is 5.41 Å². The highest BCUT2D eigenvalue weighted by molar-refractivity contribution is 5.52. The highest BCUT2D eigenvalue weighted by Crippen LogP contribution is 2.45. The van der Waals surface area contributed by atoms with Crippen molar-refractivity contribution in [2.75, 3.05) is 5.73 Å². The average molecular weight is 275 g/mol. The lowest BCUT2D eigenvalue weighted by Crippen LogP contribution is -2.35. The van der Waals surface area contributed by atoms with E-state index in [1.54, 1.807) is 0 Å². The van der Waals surface area contributed by atoms with Gasteiger partial charge in [0.2, 0.25) is 0 Å². The predicted octanol–water partition coefficient (Wildman–Crippen LogP) is 3.95. The molecule has 0 fully saturated rings. The van der Waals surface area contributed by atoms with E-state index in [0.717, 1.165) is 31.4 Å². The van der Waals surface area contributed by atoms with Crippen molar-refractivity contribution in [2.45, 2.75) is 65.4 Å². The van der Waals surface area contributed by atoms with E-state index in [1.807, 2.05) is 19.1 Å². The Morgan fingerprint density at radius 2 is 2.00 bits per heavy atom. The molecule has 0 bridgehead atoms. The zero-order valence-electron chi connectivity index (χ0n) is 13.4. The molecular weight excluding hydrogens is 246 g/mol. The largest absolute Gasteiger partial charge is 0.398 e. The smallest absolute Gasteiger partial charge is 0.0663 e. The fraction of sp³-hybridized carbons (Fsp3) is 0.667. The summed E-state index contributed by atoms with van der Waals surface area (Å²) < 4.78 is 0. The predicted molar refractivity (Wildman–Crippen MR) is 85.7 cm³/mol. The molecule has 1 aromatic carbocycles. The van der Waals surface area contributed by atoms with Gasteiger partial charge in [-0.2, -0.15) is 0 Å². The molecule has 2 heteroatoms. The van der Waals surface area contributed by atoms with Crippen LogP contribution in [-0.2, 0) is 12.8 Å². The Labute approximate surface area is 123 Å². The van der Waals surface area contributed by atoms with E-state index in [4.69, 9.17) is 5.73 Å². The normalized spacial score (nSPS) is 26.9. The first-order valence-electron chi connectivity index (χ1n) is 7.90. The van der Waals surface area contributed by atoms with E-state index < -0.39 is 5.60 Å². The fourth-order valence-corrected chi connectivity index (χ4v) is 3.72. The number of nitrogen functional groups attached to an aromatic ring is 1. The van der Waals surface area contributed by atoms with E-state index in [9.17, 15) is 5.11 Å². The fourth-order valence-electron chi connectivity index (χ4n) is 3.72. The van der Waals surface area contributed by atoms with Crippen LogP contribution >= 0.6 is 0 Å². The number of anilines is 1. The molecule has 3 N–H and O–H groups in total. The van der Waals surface area contributed by atoms with E-state index in [1.165, 1.54) is 11.1 Å². The van der Waals surface area contributed by atoms with Crippen LogP contribution in [0.1, 0.15) is 58.1 Å². The number of aliphatic hydroxyl groups is 1. The second kappa shape index (κ2) is 5.40. The average Bonchev–Trinajstić information content (AvgIpc) is 2.54. The summed E-state index contributed by atoms with van der Waals surface area (Å²) >= 11 is 0. The maximum atomic E-state index is 10.8. The van der Waals surface area contributed by atoms with Crippen LogP contribution < -0.4 is 5.73 Å². The second-order valence-electron chi connectivity index (χ2n) is 7.12. The van der Waals surface area contributed by atoms with Gasteiger partial charge in [0, 0.05) is 12.1 Å². The van der Waals surface area contributed by atoms with Crippen LogP contribution in [0.25, 0.3) is 0 Å². The monoisotopic (exact) mass is 275 g/mol. The van der Waals surface area contributed by atoms with Crippen LogP contribution in [0, 0.1) is 11.3 Å². The lowest BCUT2D eigenvalue weighted by molar-refractivity contribution is 0.00832. The van der Waals surface area contributed by atoms with Crippen molar-refractivity contribution in [2.24, 2.45) is 11.3 Å². The van der Waals surface area contributed by atoms with Gasteiger partial charge in [0.25, 0.3) is 0 Å². The number of rotatable bonds is 3. The third-order valence-electron chi connectivity index (χ3n) is 5.62. The quantitative estimate of drug-likeness (QED) is 0.648. The molecule has 0 saturated carbocycles. The standard InChI is InChI=1S/C18H29NO/c1-5-17(3,6-2)14-10-15-13(8-7-9-16(15)19)11-18(4,20)12-14/h7-9,14,20H,5-6,10-12,19H2,1-4H3. The topological polar surface area (TPSA) is 46.2 Å². The van der Waals surface area contributed by atoms with Gasteiger partial charge in [-0.05, 0) is 48.3 Å². The van der Waals surface area contributed by atoms with Gasteiger partial charge in [-0.15, -0.1) is 0 Å². The minimum absolute atomic E-state index is 0.272. The molecule has 0 amide bonds. The summed E-state index contributed by atoms with van der Waals surface area (Å²) in [4.78, 5) is 0. The van der Waals surface area contributed by atoms with Crippen LogP contribution in [-0.4, -0.2) is 10.7 Å². The summed E-state index contributed by atoms with van der Waals surface area (Å²) in [6.07, 6.45) is 4.86. The number of nitrogens with two attached hydrogens (primary N) is 1. The Bertz CT molecular complexity index is 474. The first-order valence-corrected chi connectivity index (χ1v) is 7.90. The molecule has 2 atom stereocenters. The van der Waals surface area contributed by atoms with Crippen LogP contribution in [0.4, 0.5) is 5.69 Å². The van der Waals surface area contributed by atoms with Gasteiger partial charge in [-0.1, -0.05) is 45.7 Å². The molecule has 0 aromatic heterocycles. The number of benzene rings is 1. The van der Waals surface area contributed by atoms with Crippen LogP contribution in [0.3, 0.4) is 0 Å². The summed E-state index contributed by atoms with van der Waals surface area (Å²) in [5.74, 6) is 0.485. The third-order valence-corrected chi connectivity index (χ3v) is 5.62. The number of hydrogen-bond donors (Lipinski definition) is 2. The first-order chi connectivity index (χ1) is 9.31. The zero-order chi connectivity index (χ0) is 15.0. The van der Waals surface area contributed by atoms with Gasteiger partial charge in [0.05, 0.1) is 5.60 Å². The van der Waals surface area contributed by atoms with Gasteiger partial charge < -0.3 is 10.8 Å². The molecule has 0 heterocycles. The molecule has 2 nitrogen and oxygen atoms in total. The van der Waals surface area contributed by atoms with Gasteiger partial charge in [-0.25, -0.2) is 0 Å². The highest BCUT2D eigenvalue weighted by atomic mass is 16.3. The number of hydrogen-bond acceptors (Lipinski definition) is 2. The van der Waals surface area contributed by atoms with Gasteiger partial charge >= 0.3 is 0 Å². The van der Waals surface area contributed by atoms with E-state index in [2.05, 4.69) is 26.8 Å². The molecule has 2 unspecified atom stereocenters. The minimum Gasteiger partial charge on any atom is -0.398 e. The summed E-state index contributed by atoms with van der Waals surface area (Å²) in [5, 5.41) is 10.8. The van der Waals surface area contributed by atoms with Gasteiger partial charge in [-0.3, -0.25) is 0 Å². The van der Waals surface area contributed by atoms with Gasteiger partial charge in [0.1, 0.15) is 0 Å². The van der Waals surface area contributed by atoms with Crippen LogP contribution in [0.5, 0.6) is 0 Å². The molecule has 1 aromatic rings. The second-order valence-corrected chi connectivity index (χ2v) is 7.12. The molecule has 1 aliphatic carbocycles. The molecule has 0 radical (unpaired) electrons. The Balaban J connectivity index is 2.45. The van der Waals surface area contributed by atoms with E-state index in [0.29, 0.717) is 12.3 Å². The van der Waals surface area contributed by atoms with Crippen molar-refractivity contribution in [1.29, 1.82) is 0 Å². The Hall–Kier alpha value is -1.02. The number of fused-ring (bicyclic) bond motifs is 1. The van der Waals surface area contributed by atoms with Crippen molar-refractivity contribution in [1.82, 2.24) is 0 Å². The molecular formula is C18H29NO. The minimum atomic E-state index is -0.630. The molecule has 20 heavy (non-hydrogen) atoms. The molecule has 2 rings (SSSR count). The molecule has 112 valence electrons. The third kappa shape index (κ3) is 2.85. The summed E-state index contributed by atoms with van der Waals surface area (Å²) in [6.45, 7) is 8.86. The Morgan fingerprint density at radius 1 is 1.35 bits per heavy atom. The van der Waals surface area contributed by atoms with Crippen molar-refractivity contribution >= 4 is 5.69 Å². The van der Waals surface area contributed by atoms with Crippen molar-refractivity contribution in [3.05, 3.63) is 29.3 Å². The Kier molecular flexibility index (Phi) is 4.15. The molecule has 0 aliphatic heterocycles. The lowest BCUT2D eigenvalue weighted by atomic mass is 9.67. The van der Waals surface area contributed by atoms with Crippen molar-refractivity contribution in [3.63, 3.8) is 0 Å². The maximum absolute atomic E-state index is 10.8. The van der Waals surface area contributed by atoms with Crippen molar-refractivity contribution in [3.8, 4) is 0 Å². The molecule has 0 spiro atoms. The summed E-state index contributed by atoms with van der Waals surface area (Å²) in [6, 6.07) is 6.12. The van der Waals surface area contributed by atoms with Crippen molar-refractivity contribution < 1.29 is 5.11 Å². The van der Waals surface area contributed by atoms with Crippen LogP contribution in [0.15, 0.2) is 18.2 Å². The van der Waals surface area contributed by atoms with E-state index >= 15 is 0 Å². The molecule has 1 aliphatic rings. The maximum Gasteiger partial charge on any atom is 0.0663 e. The van der Waals surface area contributed by atoms with Crippen LogP contribution in [0.2, 0.25) is 0 Å². The van der Waals surface area contributed by atoms with Gasteiger partial charge in [0.15, 0.2) is 0 Å². The highest BCUT2D eigenvalue weighted by Gasteiger charge is 2.39. The SMILES string of the molecule is CCC(C)(CC)C1Cc2c(N)cccc2CC(C)(O)C1. The first kappa shape index (κ1) is 15.4. The summed E-state index contributed by atoms with van der Waals surface area (Å²) in [5.41, 5.74) is 9.23. The Morgan fingerprint density at radius 3 is 2.60 bits per heavy atom. The summed E-state index contributed by atoms with van der Waals surface area (Å²) in [7, 11) is 0. The lowest BCUT2D eigenvalue weighted by Gasteiger charge is -2.39. The molecule has 0 saturated heterocycles.